The first kappa shape index (κ1) is 21.4. The van der Waals surface area contributed by atoms with E-state index in [9.17, 15) is 8.42 Å². The average Bonchev–Trinajstić information content (AvgIpc) is 2.75. The quantitative estimate of drug-likeness (QED) is 0.578. The molecule has 1 aromatic heterocycles. The van der Waals surface area contributed by atoms with E-state index in [1.54, 1.807) is 24.3 Å². The van der Waals surface area contributed by atoms with Gasteiger partial charge >= 0.3 is 0 Å². The first-order valence-electron chi connectivity index (χ1n) is 9.73. The van der Waals surface area contributed by atoms with E-state index >= 15 is 0 Å². The van der Waals surface area contributed by atoms with Crippen molar-refractivity contribution in [2.45, 2.75) is 11.8 Å². The number of hydrogen-bond acceptors (Lipinski definition) is 7. The van der Waals surface area contributed by atoms with Crippen molar-refractivity contribution in [3.05, 3.63) is 65.4 Å². The molecule has 0 amide bonds. The maximum absolute atomic E-state index is 12.5. The third kappa shape index (κ3) is 5.43. The lowest BCUT2D eigenvalue weighted by molar-refractivity contribution is 0.122. The van der Waals surface area contributed by atoms with Gasteiger partial charge in [0, 0.05) is 35.6 Å². The topological polar surface area (TPSA) is 96.5 Å². The third-order valence-corrected chi connectivity index (χ3v) is 6.34. The molecule has 0 unspecified atom stereocenters. The van der Waals surface area contributed by atoms with Gasteiger partial charge in [-0.05, 0) is 55.5 Å². The van der Waals surface area contributed by atoms with Gasteiger partial charge < -0.3 is 15.0 Å². The van der Waals surface area contributed by atoms with Crippen LogP contribution in [-0.4, -0.2) is 44.7 Å². The van der Waals surface area contributed by atoms with Gasteiger partial charge in [0.25, 0.3) is 10.0 Å². The molecule has 1 saturated heterocycles. The summed E-state index contributed by atoms with van der Waals surface area (Å²) in [6.07, 6.45) is 0. The van der Waals surface area contributed by atoms with Crippen LogP contribution >= 0.6 is 11.6 Å². The van der Waals surface area contributed by atoms with Crippen LogP contribution in [0.25, 0.3) is 0 Å². The highest BCUT2D eigenvalue weighted by molar-refractivity contribution is 7.92. The van der Waals surface area contributed by atoms with E-state index in [0.29, 0.717) is 35.6 Å². The predicted octanol–water partition coefficient (Wildman–Crippen LogP) is 3.82. The molecule has 10 heteroatoms. The molecule has 1 aliphatic rings. The van der Waals surface area contributed by atoms with Gasteiger partial charge in [0.2, 0.25) is 0 Å². The minimum absolute atomic E-state index is 0.145. The Kier molecular flexibility index (Phi) is 6.26. The molecule has 1 aliphatic heterocycles. The number of morpholine rings is 1. The Labute approximate surface area is 186 Å². The lowest BCUT2D eigenvalue weighted by Gasteiger charge is -2.28. The first-order valence-corrected chi connectivity index (χ1v) is 11.6. The molecule has 2 heterocycles. The van der Waals surface area contributed by atoms with Crippen molar-refractivity contribution in [2.75, 3.05) is 41.2 Å². The van der Waals surface area contributed by atoms with Crippen molar-refractivity contribution in [2.24, 2.45) is 0 Å². The van der Waals surface area contributed by atoms with Crippen LogP contribution in [0.5, 0.6) is 0 Å². The largest absolute Gasteiger partial charge is 0.378 e. The molecule has 0 aliphatic carbocycles. The number of ether oxygens (including phenoxy) is 1. The molecule has 0 spiro atoms. The number of anilines is 4. The van der Waals surface area contributed by atoms with E-state index in [4.69, 9.17) is 16.3 Å². The van der Waals surface area contributed by atoms with E-state index in [-0.39, 0.29) is 4.90 Å². The van der Waals surface area contributed by atoms with Gasteiger partial charge in [-0.3, -0.25) is 4.72 Å². The zero-order chi connectivity index (χ0) is 21.8. The molecule has 2 aromatic carbocycles. The molecule has 8 nitrogen and oxygen atoms in total. The van der Waals surface area contributed by atoms with Crippen LogP contribution in [0.1, 0.15) is 5.82 Å². The van der Waals surface area contributed by atoms with Crippen LogP contribution in [-0.2, 0) is 14.8 Å². The fraction of sp³-hybridized carbons (Fsp3) is 0.238. The molecule has 0 atom stereocenters. The monoisotopic (exact) mass is 459 g/mol. The van der Waals surface area contributed by atoms with Gasteiger partial charge in [0.15, 0.2) is 0 Å². The number of nitrogens with one attached hydrogen (secondary N) is 2. The number of aryl methyl sites for hydroxylation is 1. The van der Waals surface area contributed by atoms with Crippen LogP contribution in [0.15, 0.2) is 59.5 Å². The van der Waals surface area contributed by atoms with E-state index < -0.39 is 10.0 Å². The standard InChI is InChI=1S/C21H22ClN5O3S/c1-15-23-20(14-21(24-15)27-10-12-30-13-11-27)25-17-4-6-18(7-5-17)26-31(28,29)19-8-2-16(22)3-9-19/h2-9,14,26H,10-13H2,1H3,(H,23,24,25). The highest BCUT2D eigenvalue weighted by Crippen LogP contribution is 2.23. The Bertz CT molecular complexity index is 1150. The van der Waals surface area contributed by atoms with E-state index in [0.717, 1.165) is 24.6 Å². The van der Waals surface area contributed by atoms with Crippen LogP contribution in [0.3, 0.4) is 0 Å². The van der Waals surface area contributed by atoms with Crippen molar-refractivity contribution >= 4 is 44.6 Å². The van der Waals surface area contributed by atoms with Crippen molar-refractivity contribution in [1.29, 1.82) is 0 Å². The fourth-order valence-electron chi connectivity index (χ4n) is 3.17. The number of hydrogen-bond donors (Lipinski definition) is 2. The van der Waals surface area contributed by atoms with Crippen molar-refractivity contribution in [3.63, 3.8) is 0 Å². The molecule has 4 rings (SSSR count). The predicted molar refractivity (Wildman–Crippen MR) is 122 cm³/mol. The zero-order valence-electron chi connectivity index (χ0n) is 16.9. The van der Waals surface area contributed by atoms with Gasteiger partial charge in [0.05, 0.1) is 18.1 Å². The Morgan fingerprint density at radius 3 is 2.29 bits per heavy atom. The number of sulfonamides is 1. The fourth-order valence-corrected chi connectivity index (χ4v) is 4.35. The minimum Gasteiger partial charge on any atom is -0.378 e. The van der Waals surface area contributed by atoms with Gasteiger partial charge in [-0.2, -0.15) is 0 Å². The van der Waals surface area contributed by atoms with Crippen molar-refractivity contribution in [3.8, 4) is 0 Å². The number of rotatable bonds is 6. The maximum atomic E-state index is 12.5. The zero-order valence-corrected chi connectivity index (χ0v) is 18.4. The smallest absolute Gasteiger partial charge is 0.261 e. The van der Waals surface area contributed by atoms with Crippen LogP contribution in [0.4, 0.5) is 23.0 Å². The summed E-state index contributed by atoms with van der Waals surface area (Å²) in [6.45, 7) is 4.79. The molecule has 3 aromatic rings. The molecule has 0 radical (unpaired) electrons. The van der Waals surface area contributed by atoms with Gasteiger partial charge in [-0.1, -0.05) is 11.6 Å². The average molecular weight is 460 g/mol. The summed E-state index contributed by atoms with van der Waals surface area (Å²) >= 11 is 5.83. The summed E-state index contributed by atoms with van der Waals surface area (Å²) in [7, 11) is -3.69. The van der Waals surface area contributed by atoms with E-state index in [1.807, 2.05) is 13.0 Å². The Hall–Kier alpha value is -2.88. The number of nitrogens with zero attached hydrogens (tertiary/aromatic N) is 3. The second kappa shape index (κ2) is 9.09. The van der Waals surface area contributed by atoms with Gasteiger partial charge in [-0.15, -0.1) is 0 Å². The van der Waals surface area contributed by atoms with E-state index in [2.05, 4.69) is 24.9 Å². The van der Waals surface area contributed by atoms with Crippen molar-refractivity contribution < 1.29 is 13.2 Å². The molecule has 31 heavy (non-hydrogen) atoms. The summed E-state index contributed by atoms with van der Waals surface area (Å²) in [5, 5.41) is 3.73. The molecular formula is C21H22ClN5O3S. The van der Waals surface area contributed by atoms with Crippen LogP contribution in [0, 0.1) is 6.92 Å². The third-order valence-electron chi connectivity index (χ3n) is 4.69. The number of halogens is 1. The Morgan fingerprint density at radius 1 is 0.968 bits per heavy atom. The second-order valence-corrected chi connectivity index (χ2v) is 9.14. The Morgan fingerprint density at radius 2 is 1.61 bits per heavy atom. The summed E-state index contributed by atoms with van der Waals surface area (Å²) < 4.78 is 33.0. The summed E-state index contributed by atoms with van der Waals surface area (Å²) in [5.41, 5.74) is 1.23. The molecule has 2 N–H and O–H groups in total. The molecule has 0 bridgehead atoms. The summed E-state index contributed by atoms with van der Waals surface area (Å²) in [6, 6.07) is 14.8. The van der Waals surface area contributed by atoms with Gasteiger partial charge in [0.1, 0.15) is 17.5 Å². The molecule has 162 valence electrons. The molecular weight excluding hydrogens is 438 g/mol. The lowest BCUT2D eigenvalue weighted by Crippen LogP contribution is -2.36. The van der Waals surface area contributed by atoms with E-state index in [1.165, 1.54) is 24.3 Å². The number of aromatic nitrogens is 2. The van der Waals surface area contributed by atoms with Crippen molar-refractivity contribution in [1.82, 2.24) is 9.97 Å². The Balaban J connectivity index is 1.46. The maximum Gasteiger partial charge on any atom is 0.261 e. The van der Waals surface area contributed by atoms with Crippen LogP contribution in [0.2, 0.25) is 5.02 Å². The highest BCUT2D eigenvalue weighted by Gasteiger charge is 2.15. The second-order valence-electron chi connectivity index (χ2n) is 7.02. The van der Waals surface area contributed by atoms with Crippen LogP contribution < -0.4 is 14.9 Å². The molecule has 0 saturated carbocycles. The number of benzene rings is 2. The van der Waals surface area contributed by atoms with Gasteiger partial charge in [-0.25, -0.2) is 18.4 Å². The lowest BCUT2D eigenvalue weighted by atomic mass is 10.3. The summed E-state index contributed by atoms with van der Waals surface area (Å²) in [4.78, 5) is 11.3. The highest BCUT2D eigenvalue weighted by atomic mass is 35.5. The SMILES string of the molecule is Cc1nc(Nc2ccc(NS(=O)(=O)c3ccc(Cl)cc3)cc2)cc(N2CCOCC2)n1. The molecule has 1 fully saturated rings. The summed E-state index contributed by atoms with van der Waals surface area (Å²) in [5.74, 6) is 2.19. The normalized spacial score (nSPS) is 14.3. The first-order chi connectivity index (χ1) is 14.9. The minimum atomic E-state index is -3.69.